The topological polar surface area (TPSA) is 88.3 Å². The van der Waals surface area contributed by atoms with E-state index in [0.29, 0.717) is 23.9 Å². The van der Waals surface area contributed by atoms with Gasteiger partial charge in [0, 0.05) is 35.5 Å². The van der Waals surface area contributed by atoms with E-state index in [1.165, 1.54) is 0 Å². The van der Waals surface area contributed by atoms with Crippen LogP contribution in [0.25, 0.3) is 22.8 Å². The number of nitrogens with one attached hydrogen (secondary N) is 1. The molecule has 1 aliphatic heterocycles. The summed E-state index contributed by atoms with van der Waals surface area (Å²) >= 11 is 0. The molecule has 0 spiro atoms. The Morgan fingerprint density at radius 2 is 1.67 bits per heavy atom. The van der Waals surface area contributed by atoms with Crippen LogP contribution < -0.4 is 10.2 Å². The van der Waals surface area contributed by atoms with Crippen LogP contribution in [0.2, 0.25) is 0 Å². The van der Waals surface area contributed by atoms with E-state index in [2.05, 4.69) is 15.5 Å². The SMILES string of the molecule is Cc1ccc(-c2noc(-c3ccc(NC(=O)[C@H]4CC(=O)N(c5ccccc5)C4)cc3)n2)cc1. The molecule has 164 valence electrons. The first-order valence-electron chi connectivity index (χ1n) is 10.7. The Hall–Kier alpha value is -4.26. The summed E-state index contributed by atoms with van der Waals surface area (Å²) in [5.74, 6) is 0.316. The maximum Gasteiger partial charge on any atom is 0.258 e. The summed E-state index contributed by atoms with van der Waals surface area (Å²) in [7, 11) is 0. The molecule has 3 aromatic carbocycles. The predicted octanol–water partition coefficient (Wildman–Crippen LogP) is 4.70. The Morgan fingerprint density at radius 1 is 0.970 bits per heavy atom. The standard InChI is InChI=1S/C26H22N4O3/c1-17-7-9-18(10-8-17)24-28-26(33-29-24)19-11-13-21(14-12-19)27-25(32)20-15-23(31)30(16-20)22-5-3-2-4-6-22/h2-14,20H,15-16H2,1H3,(H,27,32)/t20-/m0/s1. The summed E-state index contributed by atoms with van der Waals surface area (Å²) in [6.07, 6.45) is 0.197. The predicted molar refractivity (Wildman–Crippen MR) is 125 cm³/mol. The van der Waals surface area contributed by atoms with Crippen molar-refractivity contribution in [2.45, 2.75) is 13.3 Å². The number of nitrogens with zero attached hydrogens (tertiary/aromatic N) is 3. The fraction of sp³-hybridized carbons (Fsp3) is 0.154. The molecular formula is C26H22N4O3. The molecule has 2 amide bonds. The van der Waals surface area contributed by atoms with Gasteiger partial charge in [-0.3, -0.25) is 9.59 Å². The van der Waals surface area contributed by atoms with Gasteiger partial charge in [-0.15, -0.1) is 0 Å². The Labute approximate surface area is 191 Å². The van der Waals surface area contributed by atoms with E-state index in [1.807, 2.05) is 73.7 Å². The smallest absolute Gasteiger partial charge is 0.258 e. The first-order valence-corrected chi connectivity index (χ1v) is 10.7. The number of para-hydroxylation sites is 1. The largest absolute Gasteiger partial charge is 0.334 e. The molecule has 0 unspecified atom stereocenters. The number of aromatic nitrogens is 2. The van der Waals surface area contributed by atoms with Gasteiger partial charge in [-0.05, 0) is 43.3 Å². The maximum atomic E-state index is 12.7. The molecule has 2 heterocycles. The van der Waals surface area contributed by atoms with Crippen molar-refractivity contribution in [3.8, 4) is 22.8 Å². The van der Waals surface area contributed by atoms with E-state index < -0.39 is 5.92 Å². The molecule has 1 atom stereocenters. The molecule has 7 heteroatoms. The lowest BCUT2D eigenvalue weighted by molar-refractivity contribution is -0.122. The molecular weight excluding hydrogens is 416 g/mol. The third-order valence-electron chi connectivity index (χ3n) is 5.70. The molecule has 0 aliphatic carbocycles. The minimum Gasteiger partial charge on any atom is -0.334 e. The zero-order valence-electron chi connectivity index (χ0n) is 18.1. The van der Waals surface area contributed by atoms with Crippen molar-refractivity contribution >= 4 is 23.2 Å². The van der Waals surface area contributed by atoms with Crippen molar-refractivity contribution in [3.63, 3.8) is 0 Å². The first-order chi connectivity index (χ1) is 16.1. The molecule has 0 saturated carbocycles. The van der Waals surface area contributed by atoms with E-state index in [0.717, 1.165) is 22.4 Å². The van der Waals surface area contributed by atoms with Crippen LogP contribution >= 0.6 is 0 Å². The van der Waals surface area contributed by atoms with Gasteiger partial charge in [-0.2, -0.15) is 4.98 Å². The number of anilines is 2. The second-order valence-electron chi connectivity index (χ2n) is 8.10. The minimum absolute atomic E-state index is 0.0440. The third kappa shape index (κ3) is 4.39. The number of carbonyl (C=O) groups is 2. The average Bonchev–Trinajstić information content (AvgIpc) is 3.48. The van der Waals surface area contributed by atoms with Gasteiger partial charge in [0.1, 0.15) is 0 Å². The van der Waals surface area contributed by atoms with Crippen LogP contribution in [-0.2, 0) is 9.59 Å². The summed E-state index contributed by atoms with van der Waals surface area (Å²) in [6, 6.07) is 24.5. The van der Waals surface area contributed by atoms with Crippen molar-refractivity contribution < 1.29 is 14.1 Å². The average molecular weight is 438 g/mol. The van der Waals surface area contributed by atoms with Crippen molar-refractivity contribution in [2.75, 3.05) is 16.8 Å². The van der Waals surface area contributed by atoms with Gasteiger partial charge in [-0.1, -0.05) is 53.2 Å². The summed E-state index contributed by atoms with van der Waals surface area (Å²) in [4.78, 5) is 31.3. The number of benzene rings is 3. The lowest BCUT2D eigenvalue weighted by Crippen LogP contribution is -2.28. The quantitative estimate of drug-likeness (QED) is 0.488. The van der Waals surface area contributed by atoms with Gasteiger partial charge in [-0.25, -0.2) is 0 Å². The molecule has 1 saturated heterocycles. The number of hydrogen-bond donors (Lipinski definition) is 1. The molecule has 0 radical (unpaired) electrons. The third-order valence-corrected chi connectivity index (χ3v) is 5.70. The molecule has 1 aromatic heterocycles. The Balaban J connectivity index is 1.24. The summed E-state index contributed by atoms with van der Waals surface area (Å²) in [5.41, 5.74) is 4.26. The first kappa shape index (κ1) is 20.6. The highest BCUT2D eigenvalue weighted by molar-refractivity contribution is 6.03. The lowest BCUT2D eigenvalue weighted by atomic mass is 10.1. The molecule has 33 heavy (non-hydrogen) atoms. The van der Waals surface area contributed by atoms with Gasteiger partial charge in [0.05, 0.1) is 5.92 Å². The molecule has 1 fully saturated rings. The zero-order valence-corrected chi connectivity index (χ0v) is 18.1. The van der Waals surface area contributed by atoms with E-state index in [-0.39, 0.29) is 18.2 Å². The lowest BCUT2D eigenvalue weighted by Gasteiger charge is -2.16. The summed E-state index contributed by atoms with van der Waals surface area (Å²) < 4.78 is 5.41. The van der Waals surface area contributed by atoms with E-state index in [9.17, 15) is 9.59 Å². The number of carbonyl (C=O) groups excluding carboxylic acids is 2. The van der Waals surface area contributed by atoms with Gasteiger partial charge in [0.2, 0.25) is 17.6 Å². The molecule has 1 N–H and O–H groups in total. The minimum atomic E-state index is -0.398. The Bertz CT molecular complexity index is 1280. The summed E-state index contributed by atoms with van der Waals surface area (Å²) in [5, 5.41) is 6.97. The van der Waals surface area contributed by atoms with Gasteiger partial charge in [0.15, 0.2) is 0 Å². The highest BCUT2D eigenvalue weighted by atomic mass is 16.5. The van der Waals surface area contributed by atoms with Gasteiger partial charge in [0.25, 0.3) is 5.89 Å². The molecule has 1 aliphatic rings. The molecule has 7 nitrogen and oxygen atoms in total. The van der Waals surface area contributed by atoms with Crippen LogP contribution in [-0.4, -0.2) is 28.5 Å². The molecule has 5 rings (SSSR count). The Kier molecular flexibility index (Phi) is 5.44. The van der Waals surface area contributed by atoms with Crippen molar-refractivity contribution in [1.29, 1.82) is 0 Å². The van der Waals surface area contributed by atoms with Crippen LogP contribution in [0, 0.1) is 12.8 Å². The Morgan fingerprint density at radius 3 is 2.39 bits per heavy atom. The van der Waals surface area contributed by atoms with E-state index in [1.54, 1.807) is 17.0 Å². The second-order valence-corrected chi connectivity index (χ2v) is 8.10. The van der Waals surface area contributed by atoms with Crippen LogP contribution in [0.1, 0.15) is 12.0 Å². The normalized spacial score (nSPS) is 15.6. The maximum absolute atomic E-state index is 12.7. The number of amides is 2. The zero-order chi connectivity index (χ0) is 22.8. The number of rotatable bonds is 5. The van der Waals surface area contributed by atoms with Crippen molar-refractivity contribution in [3.05, 3.63) is 84.4 Å². The fourth-order valence-corrected chi connectivity index (χ4v) is 3.84. The van der Waals surface area contributed by atoms with Crippen LogP contribution in [0.4, 0.5) is 11.4 Å². The van der Waals surface area contributed by atoms with E-state index >= 15 is 0 Å². The molecule has 0 bridgehead atoms. The highest BCUT2D eigenvalue weighted by Crippen LogP contribution is 2.27. The van der Waals surface area contributed by atoms with Crippen molar-refractivity contribution in [1.82, 2.24) is 10.1 Å². The van der Waals surface area contributed by atoms with Crippen LogP contribution in [0.3, 0.4) is 0 Å². The van der Waals surface area contributed by atoms with Gasteiger partial charge < -0.3 is 14.7 Å². The highest BCUT2D eigenvalue weighted by Gasteiger charge is 2.35. The second kappa shape index (κ2) is 8.70. The number of aryl methyl sites for hydroxylation is 1. The van der Waals surface area contributed by atoms with Gasteiger partial charge >= 0.3 is 0 Å². The van der Waals surface area contributed by atoms with E-state index in [4.69, 9.17) is 4.52 Å². The molecule has 4 aromatic rings. The number of hydrogen-bond acceptors (Lipinski definition) is 5. The van der Waals surface area contributed by atoms with Crippen LogP contribution in [0.15, 0.2) is 83.4 Å². The van der Waals surface area contributed by atoms with Crippen LogP contribution in [0.5, 0.6) is 0 Å². The van der Waals surface area contributed by atoms with Crippen molar-refractivity contribution in [2.24, 2.45) is 5.92 Å². The summed E-state index contributed by atoms with van der Waals surface area (Å²) in [6.45, 7) is 2.40. The monoisotopic (exact) mass is 438 g/mol. The fourth-order valence-electron chi connectivity index (χ4n) is 3.84.